The van der Waals surface area contributed by atoms with Crippen molar-refractivity contribution in [3.8, 4) is 0 Å². The molecule has 20 heavy (non-hydrogen) atoms. The number of H-pyrrole nitrogens is 1. The summed E-state index contributed by atoms with van der Waals surface area (Å²) >= 11 is 1.68. The van der Waals surface area contributed by atoms with E-state index < -0.39 is 0 Å². The van der Waals surface area contributed by atoms with Gasteiger partial charge in [0, 0.05) is 13.0 Å². The van der Waals surface area contributed by atoms with Crippen LogP contribution in [0.1, 0.15) is 43.1 Å². The third-order valence-corrected chi connectivity index (χ3v) is 4.51. The van der Waals surface area contributed by atoms with Crippen molar-refractivity contribution >= 4 is 17.2 Å². The van der Waals surface area contributed by atoms with Gasteiger partial charge in [-0.3, -0.25) is 9.89 Å². The average Bonchev–Trinajstić information content (AvgIpc) is 3.18. The summed E-state index contributed by atoms with van der Waals surface area (Å²) in [6, 6.07) is 2.16. The number of nitrogens with one attached hydrogen (secondary N) is 1. The molecule has 2 aromatic heterocycles. The van der Waals surface area contributed by atoms with Crippen LogP contribution in [-0.2, 0) is 11.2 Å². The smallest absolute Gasteiger partial charge is 0.223 e. The molecule has 1 fully saturated rings. The number of aryl methyl sites for hydroxylation is 1. The highest BCUT2D eigenvalue weighted by Gasteiger charge is 2.29. The second-order valence-electron chi connectivity index (χ2n) is 5.10. The third-order valence-electron chi connectivity index (χ3n) is 3.78. The molecule has 1 atom stereocenters. The Labute approximate surface area is 122 Å². The van der Waals surface area contributed by atoms with E-state index in [1.165, 1.54) is 11.9 Å². The zero-order chi connectivity index (χ0) is 13.8. The van der Waals surface area contributed by atoms with Gasteiger partial charge < -0.3 is 4.90 Å². The van der Waals surface area contributed by atoms with Crippen LogP contribution < -0.4 is 0 Å². The summed E-state index contributed by atoms with van der Waals surface area (Å²) in [6.07, 6.45) is 6.09. The van der Waals surface area contributed by atoms with Crippen molar-refractivity contribution in [3.63, 3.8) is 0 Å². The normalized spacial score (nSPS) is 19.2. The number of amides is 1. The minimum Gasteiger partial charge on any atom is -0.332 e. The number of carbonyl (C=O) groups is 1. The van der Waals surface area contributed by atoms with Crippen LogP contribution in [0.2, 0.25) is 0 Å². The molecule has 0 aromatic carbocycles. The van der Waals surface area contributed by atoms with E-state index in [-0.39, 0.29) is 11.9 Å². The highest BCUT2D eigenvalue weighted by Crippen LogP contribution is 2.29. The molecule has 106 valence electrons. The predicted octanol–water partition coefficient (Wildman–Crippen LogP) is 2.55. The van der Waals surface area contributed by atoms with Crippen LogP contribution in [0.4, 0.5) is 0 Å². The summed E-state index contributed by atoms with van der Waals surface area (Å²) in [5.74, 6) is 1.03. The zero-order valence-electron chi connectivity index (χ0n) is 11.3. The molecule has 1 N–H and O–H groups in total. The Morgan fingerprint density at radius 3 is 3.20 bits per heavy atom. The van der Waals surface area contributed by atoms with Crippen LogP contribution in [0.15, 0.2) is 23.2 Å². The third kappa shape index (κ3) is 2.90. The fraction of sp³-hybridized carbons (Fsp3) is 0.500. The minimum absolute atomic E-state index is 0.0706. The number of likely N-dealkylation sites (tertiary alicyclic amines) is 1. The molecule has 2 aromatic rings. The highest BCUT2D eigenvalue weighted by atomic mass is 32.1. The lowest BCUT2D eigenvalue weighted by Gasteiger charge is -2.34. The van der Waals surface area contributed by atoms with Crippen molar-refractivity contribution in [1.82, 2.24) is 20.1 Å². The van der Waals surface area contributed by atoms with Gasteiger partial charge in [-0.25, -0.2) is 4.98 Å². The van der Waals surface area contributed by atoms with Gasteiger partial charge in [-0.05, 0) is 48.1 Å². The van der Waals surface area contributed by atoms with Gasteiger partial charge in [-0.1, -0.05) is 0 Å². The van der Waals surface area contributed by atoms with Crippen LogP contribution in [0.3, 0.4) is 0 Å². The van der Waals surface area contributed by atoms with E-state index in [2.05, 4.69) is 32.0 Å². The van der Waals surface area contributed by atoms with E-state index in [9.17, 15) is 4.79 Å². The molecule has 3 heterocycles. The van der Waals surface area contributed by atoms with Crippen LogP contribution in [-0.4, -0.2) is 32.5 Å². The summed E-state index contributed by atoms with van der Waals surface area (Å²) in [5.41, 5.74) is 1.25. The monoisotopic (exact) mass is 290 g/mol. The maximum atomic E-state index is 12.5. The fourth-order valence-electron chi connectivity index (χ4n) is 2.72. The lowest BCUT2D eigenvalue weighted by Crippen LogP contribution is -2.39. The van der Waals surface area contributed by atoms with Gasteiger partial charge in [0.25, 0.3) is 0 Å². The van der Waals surface area contributed by atoms with E-state index in [1.807, 2.05) is 4.90 Å². The molecule has 1 aliphatic rings. The SMILES string of the molecule is O=C(CCc1ccsc1)N1CCCC[C@H]1c1ncn[nH]1. The van der Waals surface area contributed by atoms with Crippen molar-refractivity contribution < 1.29 is 4.79 Å². The Morgan fingerprint density at radius 2 is 2.45 bits per heavy atom. The van der Waals surface area contributed by atoms with Crippen molar-refractivity contribution in [2.24, 2.45) is 0 Å². The second-order valence-corrected chi connectivity index (χ2v) is 5.88. The summed E-state index contributed by atoms with van der Waals surface area (Å²) in [6.45, 7) is 0.827. The molecule has 5 nitrogen and oxygen atoms in total. The van der Waals surface area contributed by atoms with Crippen molar-refractivity contribution in [1.29, 1.82) is 0 Å². The number of thiophene rings is 1. The highest BCUT2D eigenvalue weighted by molar-refractivity contribution is 7.07. The van der Waals surface area contributed by atoms with E-state index >= 15 is 0 Å². The largest absolute Gasteiger partial charge is 0.332 e. The number of rotatable bonds is 4. The van der Waals surface area contributed by atoms with Crippen molar-refractivity contribution in [2.45, 2.75) is 38.1 Å². The standard InChI is InChI=1S/C14H18N4OS/c19-13(5-4-11-6-8-20-9-11)18-7-2-1-3-12(18)14-15-10-16-17-14/h6,8-10,12H,1-5,7H2,(H,15,16,17)/t12-/m0/s1. The number of hydrogen-bond donors (Lipinski definition) is 1. The summed E-state index contributed by atoms with van der Waals surface area (Å²) in [7, 11) is 0. The number of nitrogens with zero attached hydrogens (tertiary/aromatic N) is 3. The summed E-state index contributed by atoms with van der Waals surface area (Å²) < 4.78 is 0. The Bertz CT molecular complexity index is 538. The number of hydrogen-bond acceptors (Lipinski definition) is 4. The first-order valence-corrected chi connectivity index (χ1v) is 7.94. The molecule has 0 aliphatic carbocycles. The molecule has 0 radical (unpaired) electrons. The maximum Gasteiger partial charge on any atom is 0.223 e. The van der Waals surface area contributed by atoms with E-state index in [1.54, 1.807) is 11.3 Å². The molecule has 1 amide bonds. The molecule has 3 rings (SSSR count). The van der Waals surface area contributed by atoms with Crippen LogP contribution in [0, 0.1) is 0 Å². The Balaban J connectivity index is 1.65. The first kappa shape index (κ1) is 13.3. The van der Waals surface area contributed by atoms with Gasteiger partial charge in [0.2, 0.25) is 5.91 Å². The quantitative estimate of drug-likeness (QED) is 0.941. The molecule has 0 unspecified atom stereocenters. The molecule has 0 bridgehead atoms. The van der Waals surface area contributed by atoms with Crippen LogP contribution in [0.5, 0.6) is 0 Å². The van der Waals surface area contributed by atoms with Crippen LogP contribution >= 0.6 is 11.3 Å². The first-order chi connectivity index (χ1) is 9.84. The van der Waals surface area contributed by atoms with E-state index in [0.717, 1.165) is 38.1 Å². The number of carbonyl (C=O) groups excluding carboxylic acids is 1. The van der Waals surface area contributed by atoms with E-state index in [0.29, 0.717) is 6.42 Å². The first-order valence-electron chi connectivity index (χ1n) is 7.00. The van der Waals surface area contributed by atoms with Gasteiger partial charge in [0.05, 0.1) is 6.04 Å². The Kier molecular flexibility index (Phi) is 4.11. The molecule has 1 aliphatic heterocycles. The zero-order valence-corrected chi connectivity index (χ0v) is 12.1. The number of aromatic amines is 1. The van der Waals surface area contributed by atoms with Gasteiger partial charge in [0.15, 0.2) is 0 Å². The number of piperidine rings is 1. The molecular formula is C14H18N4OS. The summed E-state index contributed by atoms with van der Waals surface area (Å²) in [5, 5.41) is 11.0. The van der Waals surface area contributed by atoms with Crippen molar-refractivity contribution in [2.75, 3.05) is 6.54 Å². The van der Waals surface area contributed by atoms with Gasteiger partial charge in [-0.15, -0.1) is 0 Å². The Morgan fingerprint density at radius 1 is 1.50 bits per heavy atom. The van der Waals surface area contributed by atoms with Gasteiger partial charge in [0.1, 0.15) is 12.2 Å². The molecule has 0 spiro atoms. The van der Waals surface area contributed by atoms with Crippen molar-refractivity contribution in [3.05, 3.63) is 34.5 Å². The predicted molar refractivity (Wildman–Crippen MR) is 77.3 cm³/mol. The van der Waals surface area contributed by atoms with E-state index in [4.69, 9.17) is 0 Å². The van der Waals surface area contributed by atoms with Gasteiger partial charge in [-0.2, -0.15) is 16.4 Å². The van der Waals surface area contributed by atoms with Gasteiger partial charge >= 0.3 is 0 Å². The topological polar surface area (TPSA) is 61.9 Å². The fourth-order valence-corrected chi connectivity index (χ4v) is 3.42. The minimum atomic E-state index is 0.0706. The molecular weight excluding hydrogens is 272 g/mol. The average molecular weight is 290 g/mol. The second kappa shape index (κ2) is 6.17. The maximum absolute atomic E-state index is 12.5. The number of aromatic nitrogens is 3. The summed E-state index contributed by atoms with van der Waals surface area (Å²) in [4.78, 5) is 18.7. The molecule has 6 heteroatoms. The molecule has 1 saturated heterocycles. The lowest BCUT2D eigenvalue weighted by molar-refractivity contribution is -0.135. The molecule has 0 saturated carbocycles. The van der Waals surface area contributed by atoms with Crippen LogP contribution in [0.25, 0.3) is 0 Å². The Hall–Kier alpha value is -1.69. The lowest BCUT2D eigenvalue weighted by atomic mass is 10.0.